The fourth-order valence-corrected chi connectivity index (χ4v) is 4.42. The van der Waals surface area contributed by atoms with E-state index in [9.17, 15) is 17.3 Å². The van der Waals surface area contributed by atoms with Gasteiger partial charge >= 0.3 is 121 Å². The van der Waals surface area contributed by atoms with Crippen LogP contribution in [0.4, 0.5) is 17.3 Å². The van der Waals surface area contributed by atoms with Gasteiger partial charge in [-0.05, 0) is 0 Å². The van der Waals surface area contributed by atoms with Crippen molar-refractivity contribution in [3.05, 3.63) is 44.8 Å². The molecule has 0 spiro atoms. The van der Waals surface area contributed by atoms with Crippen molar-refractivity contribution in [3.63, 3.8) is 0 Å². The van der Waals surface area contributed by atoms with E-state index in [4.69, 9.17) is 0 Å². The third kappa shape index (κ3) is 12.0. The van der Waals surface area contributed by atoms with Crippen molar-refractivity contribution >= 4 is 7.25 Å². The van der Waals surface area contributed by atoms with Crippen LogP contribution in [0.15, 0.2) is 44.8 Å². The summed E-state index contributed by atoms with van der Waals surface area (Å²) in [5.74, 6) is 0. The van der Waals surface area contributed by atoms with Gasteiger partial charge in [0.05, 0.1) is 0 Å². The number of hydrogen-bond donors (Lipinski definition) is 0. The first-order chi connectivity index (χ1) is 10.4. The molecule has 6 heteroatoms. The minimum absolute atomic E-state index is 0.563. The Morgan fingerprint density at radius 2 is 1.00 bits per heavy atom. The van der Waals surface area contributed by atoms with Crippen molar-refractivity contribution in [2.75, 3.05) is 0 Å². The van der Waals surface area contributed by atoms with Crippen molar-refractivity contribution < 1.29 is 34.4 Å². The Hall–Kier alpha value is -0.632. The second kappa shape index (κ2) is 11.0. The summed E-state index contributed by atoms with van der Waals surface area (Å²) in [6.07, 6.45) is 24.5. The van der Waals surface area contributed by atoms with Gasteiger partial charge in [-0.15, -0.1) is 0 Å². The molecule has 0 aliphatic heterocycles. The van der Waals surface area contributed by atoms with E-state index in [1.807, 2.05) is 0 Å². The van der Waals surface area contributed by atoms with Gasteiger partial charge < -0.3 is 17.3 Å². The smallest absolute Gasteiger partial charge is 0.418 e. The van der Waals surface area contributed by atoms with Crippen LogP contribution in [0, 0.1) is 0 Å². The molecule has 0 N–H and O–H groups in total. The van der Waals surface area contributed by atoms with Crippen molar-refractivity contribution in [1.29, 1.82) is 0 Å². The minimum Gasteiger partial charge on any atom is -0.418 e. The second-order valence-electron chi connectivity index (χ2n) is 5.00. The number of halogens is 4. The van der Waals surface area contributed by atoms with E-state index < -0.39 is 7.25 Å². The summed E-state index contributed by atoms with van der Waals surface area (Å²) in [5.41, 5.74) is 0. The second-order valence-corrected chi connectivity index (χ2v) is 7.51. The molecule has 0 aromatic carbocycles. The normalized spacial score (nSPS) is 19.8. The SMILES string of the molecule is C1=CCC[C]([Rh-][C]2=CCCC=CCC2)=CCC1.F[B-](F)(F)F. The van der Waals surface area contributed by atoms with Crippen molar-refractivity contribution in [3.8, 4) is 0 Å². The Labute approximate surface area is 138 Å². The van der Waals surface area contributed by atoms with Gasteiger partial charge in [0.25, 0.3) is 0 Å². The zero-order valence-corrected chi connectivity index (χ0v) is 14.2. The quantitative estimate of drug-likeness (QED) is 0.284. The predicted octanol–water partition coefficient (Wildman–Crippen LogP) is 6.40. The van der Waals surface area contributed by atoms with Crippen LogP contribution < -0.4 is 0 Å². The van der Waals surface area contributed by atoms with Gasteiger partial charge in [-0.25, -0.2) is 0 Å². The summed E-state index contributed by atoms with van der Waals surface area (Å²) in [6.45, 7) is 0. The molecule has 0 bridgehead atoms. The number of hydrogen-bond acceptors (Lipinski definition) is 0. The molecule has 2 aliphatic carbocycles. The summed E-state index contributed by atoms with van der Waals surface area (Å²) in [7, 11) is -6.00. The average molecular weight is 404 g/mol. The van der Waals surface area contributed by atoms with Gasteiger partial charge in [-0.1, -0.05) is 0 Å². The van der Waals surface area contributed by atoms with Gasteiger partial charge in [0.1, 0.15) is 0 Å². The molecule has 2 rings (SSSR count). The third-order valence-electron chi connectivity index (χ3n) is 3.00. The summed E-state index contributed by atoms with van der Waals surface area (Å²) < 4.78 is 42.5. The van der Waals surface area contributed by atoms with Crippen molar-refractivity contribution in [2.45, 2.75) is 51.4 Å². The topological polar surface area (TPSA) is 0 Å². The van der Waals surface area contributed by atoms with Crippen LogP contribution in [0.25, 0.3) is 0 Å². The molecule has 0 amide bonds. The van der Waals surface area contributed by atoms with Gasteiger partial charge in [-0.2, -0.15) is 0 Å². The predicted molar refractivity (Wildman–Crippen MR) is 81.6 cm³/mol. The maximum absolute atomic E-state index is 9.75. The number of rotatable bonds is 2. The van der Waals surface area contributed by atoms with E-state index >= 15 is 0 Å². The molecule has 0 saturated carbocycles. The Balaban J connectivity index is 0.000000422. The van der Waals surface area contributed by atoms with Gasteiger partial charge in [0, 0.05) is 0 Å². The standard InChI is InChI=1S/2C8H11.BF4.Rh/c2*1-2-4-6-8-7-5-3-1;2-1(3,4)5;/h2*1-2,7H,3-6H2;;/q;;2*-1. The Morgan fingerprint density at radius 3 is 1.41 bits per heavy atom. The largest absolute Gasteiger partial charge is 0.673 e. The molecular formula is C16H22BF4Rh-2. The Kier molecular flexibility index (Phi) is 9.70. The first-order valence-electron chi connectivity index (χ1n) is 7.61. The van der Waals surface area contributed by atoms with Crippen LogP contribution in [0.5, 0.6) is 0 Å². The fraction of sp³-hybridized carbons (Fsp3) is 0.500. The molecule has 0 fully saturated rings. The molecule has 2 aliphatic rings. The van der Waals surface area contributed by atoms with Crippen LogP contribution in [0.1, 0.15) is 51.4 Å². The van der Waals surface area contributed by atoms with E-state index in [0.717, 1.165) is 0 Å². The van der Waals surface area contributed by atoms with Crippen LogP contribution in [0.3, 0.4) is 0 Å². The molecule has 0 aromatic heterocycles. The first-order valence-corrected chi connectivity index (χ1v) is 9.25. The van der Waals surface area contributed by atoms with E-state index in [0.29, 0.717) is 17.1 Å². The van der Waals surface area contributed by atoms with Crippen LogP contribution in [0.2, 0.25) is 0 Å². The molecular weight excluding hydrogens is 382 g/mol. The van der Waals surface area contributed by atoms with E-state index in [-0.39, 0.29) is 0 Å². The molecule has 0 nitrogen and oxygen atoms in total. The zero-order chi connectivity index (χ0) is 16.3. The molecule has 128 valence electrons. The summed E-state index contributed by atoms with van der Waals surface area (Å²) in [4.78, 5) is 0. The average Bonchev–Trinajstić information content (AvgIpc) is 2.32. The molecule has 22 heavy (non-hydrogen) atoms. The Morgan fingerprint density at radius 1 is 0.636 bits per heavy atom. The van der Waals surface area contributed by atoms with Gasteiger partial charge in [-0.3, -0.25) is 0 Å². The summed E-state index contributed by atoms with van der Waals surface area (Å²) >= 11 is 0.563. The summed E-state index contributed by atoms with van der Waals surface area (Å²) in [6, 6.07) is 0. The van der Waals surface area contributed by atoms with Crippen LogP contribution in [-0.4, -0.2) is 7.25 Å². The van der Waals surface area contributed by atoms with Crippen LogP contribution >= 0.6 is 0 Å². The van der Waals surface area contributed by atoms with E-state index in [1.54, 1.807) is 8.33 Å². The molecule has 0 saturated heterocycles. The first kappa shape index (κ1) is 19.4. The molecule has 0 aromatic rings. The molecule has 0 heterocycles. The maximum Gasteiger partial charge on any atom is 0.673 e. The zero-order valence-electron chi connectivity index (χ0n) is 12.5. The number of allylic oxidation sites excluding steroid dienone is 8. The monoisotopic (exact) mass is 404 g/mol. The maximum atomic E-state index is 9.75. The van der Waals surface area contributed by atoms with Crippen molar-refractivity contribution in [2.24, 2.45) is 0 Å². The van der Waals surface area contributed by atoms with Crippen molar-refractivity contribution in [1.82, 2.24) is 0 Å². The van der Waals surface area contributed by atoms with E-state index in [1.165, 1.54) is 51.4 Å². The molecule has 0 radical (unpaired) electrons. The summed E-state index contributed by atoms with van der Waals surface area (Å²) in [5, 5.41) is 0. The van der Waals surface area contributed by atoms with Gasteiger partial charge in [0.15, 0.2) is 0 Å². The molecule has 0 unspecified atom stereocenters. The fourth-order valence-electron chi connectivity index (χ4n) is 2.05. The third-order valence-corrected chi connectivity index (χ3v) is 5.55. The Bertz CT molecular complexity index is 396. The minimum atomic E-state index is -6.00. The van der Waals surface area contributed by atoms with E-state index in [2.05, 4.69) is 36.5 Å². The van der Waals surface area contributed by atoms with Crippen LogP contribution in [-0.2, 0) is 17.1 Å². The molecule has 0 atom stereocenters. The van der Waals surface area contributed by atoms with Gasteiger partial charge in [0.2, 0.25) is 0 Å².